The van der Waals surface area contributed by atoms with E-state index in [-0.39, 0.29) is 6.10 Å². The van der Waals surface area contributed by atoms with Crippen molar-refractivity contribution in [2.75, 3.05) is 53.0 Å². The molecule has 1 atom stereocenters. The maximum absolute atomic E-state index is 5.72. The predicted molar refractivity (Wildman–Crippen MR) is 70.3 cm³/mol. The van der Waals surface area contributed by atoms with Gasteiger partial charge in [-0.15, -0.1) is 0 Å². The number of piperazine rings is 1. The fraction of sp³-hybridized carbons (Fsp3) is 0.917. The highest BCUT2D eigenvalue weighted by Crippen LogP contribution is 2.08. The monoisotopic (exact) mass is 258 g/mol. The van der Waals surface area contributed by atoms with Gasteiger partial charge in [-0.05, 0) is 13.5 Å². The summed E-state index contributed by atoms with van der Waals surface area (Å²) in [5.74, 6) is 0. The Morgan fingerprint density at radius 2 is 2.12 bits per heavy atom. The molecular formula is C12H22N2O2S. The van der Waals surface area contributed by atoms with E-state index in [0.29, 0.717) is 6.61 Å². The minimum Gasteiger partial charge on any atom is -0.379 e. The molecule has 0 spiro atoms. The molecule has 1 saturated heterocycles. The van der Waals surface area contributed by atoms with Crippen LogP contribution in [0.25, 0.3) is 0 Å². The lowest BCUT2D eigenvalue weighted by Gasteiger charge is -2.33. The van der Waals surface area contributed by atoms with Crippen LogP contribution in [0.3, 0.4) is 0 Å². The number of hydrogen-bond acceptors (Lipinski definition) is 4. The Bertz CT molecular complexity index is 282. The second kappa shape index (κ2) is 7.31. The maximum atomic E-state index is 5.72. The van der Waals surface area contributed by atoms with Crippen molar-refractivity contribution in [2.24, 2.45) is 0 Å². The molecule has 1 unspecified atom stereocenters. The van der Waals surface area contributed by atoms with Crippen molar-refractivity contribution >= 4 is 11.5 Å². The Morgan fingerprint density at radius 1 is 1.29 bits per heavy atom. The normalized spacial score (nSPS) is 29.1. The van der Waals surface area contributed by atoms with Crippen molar-refractivity contribution in [1.82, 2.24) is 9.80 Å². The smallest absolute Gasteiger partial charge is 0.114 e. The number of nitrogens with zero attached hydrogens (tertiary/aromatic N) is 2. The first-order valence-corrected chi connectivity index (χ1v) is 7.12. The minimum absolute atomic E-state index is 0.175. The van der Waals surface area contributed by atoms with Crippen LogP contribution in [0.1, 0.15) is 12.8 Å². The van der Waals surface area contributed by atoms with Crippen molar-refractivity contribution in [2.45, 2.75) is 18.9 Å². The van der Waals surface area contributed by atoms with Crippen LogP contribution in [0.2, 0.25) is 0 Å². The highest BCUT2D eigenvalue weighted by molar-refractivity contribution is 7.83. The van der Waals surface area contributed by atoms with Crippen molar-refractivity contribution in [3.8, 4) is 5.18 Å². The van der Waals surface area contributed by atoms with Crippen molar-refractivity contribution in [3.63, 3.8) is 0 Å². The summed E-state index contributed by atoms with van der Waals surface area (Å²) in [6, 6.07) is 0. The number of hydrogen-bond donors (Lipinski definition) is 0. The Balaban J connectivity index is 1.76. The zero-order valence-corrected chi connectivity index (χ0v) is 11.4. The molecule has 4 nitrogen and oxygen atoms in total. The van der Waals surface area contributed by atoms with Gasteiger partial charge in [0.1, 0.15) is 6.10 Å². The van der Waals surface area contributed by atoms with E-state index in [2.05, 4.69) is 22.0 Å². The molecule has 0 aliphatic carbocycles. The second-order valence-corrected chi connectivity index (χ2v) is 5.38. The third kappa shape index (κ3) is 4.92. The van der Waals surface area contributed by atoms with E-state index in [0.717, 1.165) is 52.2 Å². The van der Waals surface area contributed by atoms with Gasteiger partial charge in [-0.1, -0.05) is 5.18 Å². The predicted octanol–water partition coefficient (Wildman–Crippen LogP) is 1.04. The molecule has 0 amide bonds. The SMILES string of the molecule is CN1CCN(CC2COCCCC#SO2)CC1. The molecule has 2 aliphatic heterocycles. The van der Waals surface area contributed by atoms with Crippen LogP contribution in [0.4, 0.5) is 0 Å². The van der Waals surface area contributed by atoms with Crippen LogP contribution < -0.4 is 0 Å². The van der Waals surface area contributed by atoms with Crippen LogP contribution in [0.15, 0.2) is 0 Å². The minimum atomic E-state index is 0.175. The van der Waals surface area contributed by atoms with E-state index >= 15 is 0 Å². The van der Waals surface area contributed by atoms with E-state index < -0.39 is 0 Å². The average Bonchev–Trinajstić information content (AvgIpc) is 2.46. The number of likely N-dealkylation sites (N-methyl/N-ethyl adjacent to an activating group) is 1. The molecule has 5 heteroatoms. The fourth-order valence-electron chi connectivity index (χ4n) is 2.03. The lowest BCUT2D eigenvalue weighted by atomic mass is 10.3. The summed E-state index contributed by atoms with van der Waals surface area (Å²) in [5.41, 5.74) is 0. The van der Waals surface area contributed by atoms with Crippen LogP contribution in [0.5, 0.6) is 0 Å². The number of ether oxygens (including phenoxy) is 1. The average molecular weight is 258 g/mol. The third-order valence-corrected chi connectivity index (χ3v) is 3.86. The summed E-state index contributed by atoms with van der Waals surface area (Å²) < 4.78 is 11.3. The summed E-state index contributed by atoms with van der Waals surface area (Å²) in [5, 5.41) is 3.19. The zero-order chi connectivity index (χ0) is 11.9. The molecule has 0 radical (unpaired) electrons. The van der Waals surface area contributed by atoms with E-state index in [1.54, 1.807) is 0 Å². The van der Waals surface area contributed by atoms with Gasteiger partial charge in [-0.3, -0.25) is 9.08 Å². The van der Waals surface area contributed by atoms with E-state index in [4.69, 9.17) is 8.92 Å². The first-order chi connectivity index (χ1) is 8.34. The van der Waals surface area contributed by atoms with Gasteiger partial charge < -0.3 is 9.64 Å². The summed E-state index contributed by atoms with van der Waals surface area (Å²) in [6.07, 6.45) is 2.18. The molecule has 2 rings (SSSR count). The van der Waals surface area contributed by atoms with E-state index in [1.165, 1.54) is 11.5 Å². The topological polar surface area (TPSA) is 24.9 Å². The lowest BCUT2D eigenvalue weighted by Crippen LogP contribution is -2.47. The highest BCUT2D eigenvalue weighted by atomic mass is 32.1. The van der Waals surface area contributed by atoms with Crippen molar-refractivity contribution < 1.29 is 8.92 Å². The first-order valence-electron chi connectivity index (χ1n) is 6.38. The van der Waals surface area contributed by atoms with Crippen molar-refractivity contribution in [1.29, 1.82) is 0 Å². The molecule has 0 N–H and O–H groups in total. The molecule has 0 bridgehead atoms. The standard InChI is InChI=1S/C12H22N2O2S/c1-13-4-6-14(7-5-13)10-12-11-15-8-2-3-9-17-16-12/h12H,2-8,10-11H2,1H3. The van der Waals surface area contributed by atoms with Gasteiger partial charge in [-0.25, -0.2) is 0 Å². The molecule has 1 fully saturated rings. The van der Waals surface area contributed by atoms with Crippen LogP contribution >= 0.6 is 11.5 Å². The van der Waals surface area contributed by atoms with Gasteiger partial charge in [-0.2, -0.15) is 0 Å². The largest absolute Gasteiger partial charge is 0.379 e. The first kappa shape index (κ1) is 13.3. The van der Waals surface area contributed by atoms with Crippen LogP contribution in [-0.4, -0.2) is 68.9 Å². The van der Waals surface area contributed by atoms with Gasteiger partial charge in [0.05, 0.1) is 6.61 Å². The Kier molecular flexibility index (Phi) is 5.71. The number of rotatable bonds is 2. The Hall–Kier alpha value is -0.160. The third-order valence-electron chi connectivity index (χ3n) is 3.17. The van der Waals surface area contributed by atoms with E-state index in [9.17, 15) is 0 Å². The molecular weight excluding hydrogens is 236 g/mol. The molecule has 98 valence electrons. The molecule has 0 aromatic carbocycles. The molecule has 0 saturated carbocycles. The van der Waals surface area contributed by atoms with Crippen LogP contribution in [-0.2, 0) is 8.92 Å². The summed E-state index contributed by atoms with van der Waals surface area (Å²) in [4.78, 5) is 4.83. The summed E-state index contributed by atoms with van der Waals surface area (Å²) in [6.45, 7) is 7.08. The molecule has 2 aliphatic rings. The molecule has 0 aromatic heterocycles. The Labute approximate surface area is 108 Å². The second-order valence-electron chi connectivity index (χ2n) is 4.73. The van der Waals surface area contributed by atoms with Gasteiger partial charge >= 0.3 is 0 Å². The van der Waals surface area contributed by atoms with Crippen molar-refractivity contribution in [3.05, 3.63) is 0 Å². The molecule has 0 aromatic rings. The quantitative estimate of drug-likeness (QED) is 0.691. The van der Waals surface area contributed by atoms with Gasteiger partial charge in [0.25, 0.3) is 0 Å². The van der Waals surface area contributed by atoms with Gasteiger partial charge in [0.15, 0.2) is 0 Å². The highest BCUT2D eigenvalue weighted by Gasteiger charge is 2.19. The summed E-state index contributed by atoms with van der Waals surface area (Å²) >= 11 is 1.37. The zero-order valence-electron chi connectivity index (χ0n) is 10.6. The lowest BCUT2D eigenvalue weighted by molar-refractivity contribution is 0.0319. The maximum Gasteiger partial charge on any atom is 0.114 e. The van der Waals surface area contributed by atoms with Gasteiger partial charge in [0, 0.05) is 57.2 Å². The fourth-order valence-corrected chi connectivity index (χ4v) is 2.58. The Morgan fingerprint density at radius 3 is 2.94 bits per heavy atom. The molecule has 17 heavy (non-hydrogen) atoms. The molecule has 2 heterocycles. The van der Waals surface area contributed by atoms with E-state index in [1.807, 2.05) is 0 Å². The summed E-state index contributed by atoms with van der Waals surface area (Å²) in [7, 11) is 2.18. The van der Waals surface area contributed by atoms with Crippen LogP contribution in [0, 0.1) is 5.18 Å². The van der Waals surface area contributed by atoms with Gasteiger partial charge in [0.2, 0.25) is 0 Å².